The van der Waals surface area contributed by atoms with Crippen molar-refractivity contribution in [2.24, 2.45) is 5.92 Å². The van der Waals surface area contributed by atoms with Crippen LogP contribution in [-0.4, -0.2) is 138 Å². The SMILES string of the molecule is COCCOCCOCCOCCOCCOCCOCCOCCOCCOCCC(=O)C(C)C. The van der Waals surface area contributed by atoms with Crippen LogP contribution in [0.4, 0.5) is 0 Å². The van der Waals surface area contributed by atoms with E-state index in [2.05, 4.69) is 0 Å². The molecule has 0 amide bonds. The minimum absolute atomic E-state index is 0.0648. The standard InChI is InChI=1S/C25H50O11/c1-24(2)25(26)4-5-28-8-9-30-12-13-32-16-17-34-20-21-36-23-22-35-19-18-33-15-14-31-11-10-29-7-6-27-3/h24H,4-23H2,1-3H3. The van der Waals surface area contributed by atoms with Crippen LogP contribution in [0.15, 0.2) is 0 Å². The second kappa shape index (κ2) is 30.5. The van der Waals surface area contributed by atoms with E-state index in [4.69, 9.17) is 47.4 Å². The van der Waals surface area contributed by atoms with Crippen LogP contribution in [0, 0.1) is 5.92 Å². The number of hydrogen-bond acceptors (Lipinski definition) is 11. The third kappa shape index (κ3) is 29.5. The summed E-state index contributed by atoms with van der Waals surface area (Å²) in [6.45, 7) is 13.7. The monoisotopic (exact) mass is 526 g/mol. The van der Waals surface area contributed by atoms with Crippen molar-refractivity contribution in [1.29, 1.82) is 0 Å². The van der Waals surface area contributed by atoms with Crippen LogP contribution in [0.3, 0.4) is 0 Å². The van der Waals surface area contributed by atoms with Crippen molar-refractivity contribution in [3.63, 3.8) is 0 Å². The molecule has 0 saturated heterocycles. The summed E-state index contributed by atoms with van der Waals surface area (Å²) < 4.78 is 53.5. The summed E-state index contributed by atoms with van der Waals surface area (Å²) in [5.74, 6) is 0.286. The van der Waals surface area contributed by atoms with Crippen molar-refractivity contribution < 1.29 is 52.2 Å². The Hall–Kier alpha value is -0.730. The van der Waals surface area contributed by atoms with Crippen LogP contribution in [0.25, 0.3) is 0 Å². The van der Waals surface area contributed by atoms with Gasteiger partial charge in [0.25, 0.3) is 0 Å². The number of methoxy groups -OCH3 is 1. The Morgan fingerprint density at radius 1 is 0.417 bits per heavy atom. The summed E-state index contributed by atoms with van der Waals surface area (Å²) in [4.78, 5) is 11.4. The topological polar surface area (TPSA) is 109 Å². The first kappa shape index (κ1) is 35.3. The fraction of sp³-hybridized carbons (Fsp3) is 0.960. The average molecular weight is 527 g/mol. The second-order valence-corrected chi connectivity index (χ2v) is 7.88. The van der Waals surface area contributed by atoms with Crippen LogP contribution < -0.4 is 0 Å². The molecule has 0 aromatic carbocycles. The van der Waals surface area contributed by atoms with Crippen LogP contribution in [0.1, 0.15) is 20.3 Å². The van der Waals surface area contributed by atoms with Crippen molar-refractivity contribution >= 4 is 5.78 Å². The normalized spacial score (nSPS) is 11.6. The van der Waals surface area contributed by atoms with Gasteiger partial charge in [-0.25, -0.2) is 0 Å². The van der Waals surface area contributed by atoms with E-state index >= 15 is 0 Å². The minimum atomic E-state index is 0.0648. The fourth-order valence-corrected chi connectivity index (χ4v) is 2.47. The van der Waals surface area contributed by atoms with Gasteiger partial charge in [0, 0.05) is 19.4 Å². The van der Waals surface area contributed by atoms with E-state index in [9.17, 15) is 4.79 Å². The molecular formula is C25H50O11. The summed E-state index contributed by atoms with van der Waals surface area (Å²) in [5, 5.41) is 0. The molecule has 0 rings (SSSR count). The van der Waals surface area contributed by atoms with Crippen LogP contribution in [-0.2, 0) is 52.2 Å². The summed E-state index contributed by atoms with van der Waals surface area (Å²) >= 11 is 0. The van der Waals surface area contributed by atoms with Crippen molar-refractivity contribution in [1.82, 2.24) is 0 Å². The second-order valence-electron chi connectivity index (χ2n) is 7.88. The Balaban J connectivity index is 3.05. The highest BCUT2D eigenvalue weighted by Gasteiger charge is 2.06. The molecule has 0 aromatic heterocycles. The zero-order valence-electron chi connectivity index (χ0n) is 22.7. The highest BCUT2D eigenvalue weighted by molar-refractivity contribution is 5.80. The van der Waals surface area contributed by atoms with Crippen molar-refractivity contribution in [3.8, 4) is 0 Å². The number of carbonyl (C=O) groups excluding carboxylic acids is 1. The van der Waals surface area contributed by atoms with Crippen molar-refractivity contribution in [3.05, 3.63) is 0 Å². The molecule has 0 saturated carbocycles. The summed E-state index contributed by atoms with van der Waals surface area (Å²) in [6.07, 6.45) is 0.458. The van der Waals surface area contributed by atoms with Gasteiger partial charge in [0.1, 0.15) is 5.78 Å². The Morgan fingerprint density at radius 3 is 0.861 bits per heavy atom. The molecule has 0 aliphatic carbocycles. The number of hydrogen-bond donors (Lipinski definition) is 0. The molecule has 0 radical (unpaired) electrons. The molecule has 0 spiro atoms. The summed E-state index contributed by atoms with van der Waals surface area (Å²) in [6, 6.07) is 0. The van der Waals surface area contributed by atoms with Crippen LogP contribution >= 0.6 is 0 Å². The van der Waals surface area contributed by atoms with Crippen molar-refractivity contribution in [2.75, 3.05) is 133 Å². The largest absolute Gasteiger partial charge is 0.382 e. The molecule has 0 N–H and O–H groups in total. The molecule has 0 aliphatic rings. The molecule has 36 heavy (non-hydrogen) atoms. The molecule has 11 nitrogen and oxygen atoms in total. The quantitative estimate of drug-likeness (QED) is 0.122. The van der Waals surface area contributed by atoms with E-state index in [1.165, 1.54) is 0 Å². The lowest BCUT2D eigenvalue weighted by Crippen LogP contribution is -2.15. The van der Waals surface area contributed by atoms with Gasteiger partial charge < -0.3 is 47.4 Å². The number of rotatable bonds is 31. The molecule has 0 heterocycles. The predicted octanol–water partition coefficient (Wildman–Crippen LogP) is 1.40. The third-order valence-corrected chi connectivity index (χ3v) is 4.54. The maximum atomic E-state index is 11.4. The van der Waals surface area contributed by atoms with Gasteiger partial charge in [0.15, 0.2) is 0 Å². The number of Topliss-reactive ketones (excluding diaryl/α,β-unsaturated/α-hetero) is 1. The zero-order chi connectivity index (χ0) is 26.4. The number of ether oxygens (including phenoxy) is 10. The highest BCUT2D eigenvalue weighted by atomic mass is 16.6. The predicted molar refractivity (Wildman–Crippen MR) is 134 cm³/mol. The van der Waals surface area contributed by atoms with Gasteiger partial charge in [-0.2, -0.15) is 0 Å². The first-order valence-electron chi connectivity index (χ1n) is 12.9. The Labute approximate surface area is 217 Å². The number of ketones is 1. The molecule has 216 valence electrons. The molecule has 0 unspecified atom stereocenters. The van der Waals surface area contributed by atoms with Gasteiger partial charge in [-0.3, -0.25) is 4.79 Å². The molecule has 0 aromatic rings. The zero-order valence-corrected chi connectivity index (χ0v) is 22.7. The summed E-state index contributed by atoms with van der Waals surface area (Å²) in [7, 11) is 1.64. The maximum absolute atomic E-state index is 11.4. The van der Waals surface area contributed by atoms with E-state index < -0.39 is 0 Å². The lowest BCUT2D eigenvalue weighted by molar-refractivity contribution is -0.123. The Kier molecular flexibility index (Phi) is 29.9. The first-order valence-corrected chi connectivity index (χ1v) is 12.9. The lowest BCUT2D eigenvalue weighted by atomic mass is 10.1. The van der Waals surface area contributed by atoms with Gasteiger partial charge in [-0.15, -0.1) is 0 Å². The van der Waals surface area contributed by atoms with E-state index in [1.54, 1.807) is 7.11 Å². The third-order valence-electron chi connectivity index (χ3n) is 4.54. The van der Waals surface area contributed by atoms with Crippen LogP contribution in [0.5, 0.6) is 0 Å². The average Bonchev–Trinajstić information content (AvgIpc) is 2.87. The van der Waals surface area contributed by atoms with Gasteiger partial charge in [-0.05, 0) is 0 Å². The molecule has 0 atom stereocenters. The molecular weight excluding hydrogens is 476 g/mol. The van der Waals surface area contributed by atoms with Gasteiger partial charge in [0.05, 0.1) is 126 Å². The minimum Gasteiger partial charge on any atom is -0.382 e. The highest BCUT2D eigenvalue weighted by Crippen LogP contribution is 1.98. The molecule has 0 fully saturated rings. The Morgan fingerprint density at radius 2 is 0.639 bits per heavy atom. The van der Waals surface area contributed by atoms with Gasteiger partial charge in [0.2, 0.25) is 0 Å². The fourth-order valence-electron chi connectivity index (χ4n) is 2.47. The van der Waals surface area contributed by atoms with E-state index in [0.29, 0.717) is 132 Å². The molecule has 0 aliphatic heterocycles. The number of carbonyl (C=O) groups is 1. The van der Waals surface area contributed by atoms with Gasteiger partial charge >= 0.3 is 0 Å². The molecule has 11 heteroatoms. The van der Waals surface area contributed by atoms with E-state index in [0.717, 1.165) is 0 Å². The van der Waals surface area contributed by atoms with Gasteiger partial charge in [-0.1, -0.05) is 13.8 Å². The lowest BCUT2D eigenvalue weighted by Gasteiger charge is -2.09. The van der Waals surface area contributed by atoms with Crippen LogP contribution in [0.2, 0.25) is 0 Å². The van der Waals surface area contributed by atoms with E-state index in [1.807, 2.05) is 13.8 Å². The van der Waals surface area contributed by atoms with E-state index in [-0.39, 0.29) is 11.7 Å². The smallest absolute Gasteiger partial charge is 0.137 e. The summed E-state index contributed by atoms with van der Waals surface area (Å²) in [5.41, 5.74) is 0. The molecule has 0 bridgehead atoms. The van der Waals surface area contributed by atoms with Crippen molar-refractivity contribution in [2.45, 2.75) is 20.3 Å². The Bertz CT molecular complexity index is 438. The first-order chi connectivity index (χ1) is 17.7. The maximum Gasteiger partial charge on any atom is 0.137 e.